The lowest BCUT2D eigenvalue weighted by atomic mass is 10.1. The number of hydrogen-bond donors (Lipinski definition) is 1. The number of carbonyl (C=O) groups is 3. The number of likely N-dealkylation sites (N-methyl/N-ethyl adjacent to an activating group) is 1. The first kappa shape index (κ1) is 26.8. The molecular formula is C27H36N2O3S. The van der Waals surface area contributed by atoms with Gasteiger partial charge >= 0.3 is 0 Å². The van der Waals surface area contributed by atoms with Crippen LogP contribution in [0.3, 0.4) is 0 Å². The quantitative estimate of drug-likeness (QED) is 0.174. The van der Waals surface area contributed by atoms with Gasteiger partial charge in [-0.2, -0.15) is 0 Å². The molecule has 0 heterocycles. The van der Waals surface area contributed by atoms with Gasteiger partial charge in [-0.25, -0.2) is 0 Å². The smallest absolute Gasteiger partial charge is 0.150 e. The van der Waals surface area contributed by atoms with Crippen molar-refractivity contribution in [3.05, 3.63) is 59.7 Å². The summed E-state index contributed by atoms with van der Waals surface area (Å²) >= 11 is 1.78. The second-order valence-corrected chi connectivity index (χ2v) is 9.35. The van der Waals surface area contributed by atoms with Crippen LogP contribution in [0.25, 0.3) is 0 Å². The van der Waals surface area contributed by atoms with E-state index >= 15 is 0 Å². The Balaban J connectivity index is 1.74. The molecule has 0 aromatic heterocycles. The summed E-state index contributed by atoms with van der Waals surface area (Å²) in [6, 6.07) is 15.8. The molecule has 5 nitrogen and oxygen atoms in total. The fourth-order valence-electron chi connectivity index (χ4n) is 3.72. The van der Waals surface area contributed by atoms with Crippen molar-refractivity contribution in [3.63, 3.8) is 0 Å². The third kappa shape index (κ3) is 9.93. The summed E-state index contributed by atoms with van der Waals surface area (Å²) in [4.78, 5) is 36.8. The minimum absolute atomic E-state index is 0.330. The van der Waals surface area contributed by atoms with Crippen molar-refractivity contribution >= 4 is 36.3 Å². The average molecular weight is 469 g/mol. The number of unbranched alkanes of at least 4 members (excludes halogenated alkanes) is 4. The zero-order chi connectivity index (χ0) is 23.7. The molecule has 0 aliphatic carbocycles. The molecule has 1 atom stereocenters. The molecule has 1 unspecified atom stereocenters. The Morgan fingerprint density at radius 3 is 2.42 bits per heavy atom. The predicted octanol–water partition coefficient (Wildman–Crippen LogP) is 5.63. The maximum atomic E-state index is 11.6. The molecule has 6 heteroatoms. The highest BCUT2D eigenvalue weighted by Crippen LogP contribution is 2.28. The number of para-hydroxylation sites is 1. The number of aldehydes is 3. The molecule has 0 fully saturated rings. The van der Waals surface area contributed by atoms with Gasteiger partial charge in [0.05, 0.1) is 6.04 Å². The largest absolute Gasteiger partial charge is 0.385 e. The van der Waals surface area contributed by atoms with Crippen LogP contribution in [-0.2, 0) is 16.1 Å². The van der Waals surface area contributed by atoms with E-state index in [9.17, 15) is 14.4 Å². The van der Waals surface area contributed by atoms with E-state index in [1.54, 1.807) is 11.8 Å². The fourth-order valence-corrected chi connectivity index (χ4v) is 4.82. The van der Waals surface area contributed by atoms with E-state index in [0.29, 0.717) is 24.9 Å². The molecule has 2 rings (SSSR count). The SMILES string of the molecule is CN(Cc1c(C=O)cccc1SCCCCCCCNc1ccccc1)C(C=O)CCC=O. The van der Waals surface area contributed by atoms with Gasteiger partial charge in [0.15, 0.2) is 0 Å². The Labute approximate surface area is 202 Å². The molecular weight excluding hydrogens is 432 g/mol. The lowest BCUT2D eigenvalue weighted by Gasteiger charge is -2.25. The second-order valence-electron chi connectivity index (χ2n) is 8.21. The molecule has 33 heavy (non-hydrogen) atoms. The molecule has 0 radical (unpaired) electrons. The van der Waals surface area contributed by atoms with Crippen molar-refractivity contribution < 1.29 is 14.4 Å². The first-order valence-electron chi connectivity index (χ1n) is 11.8. The summed E-state index contributed by atoms with van der Waals surface area (Å²) < 4.78 is 0. The summed E-state index contributed by atoms with van der Waals surface area (Å²) in [5, 5.41) is 3.45. The molecule has 0 saturated carbocycles. The number of hydrogen-bond acceptors (Lipinski definition) is 6. The van der Waals surface area contributed by atoms with Gasteiger partial charge in [-0.3, -0.25) is 9.69 Å². The molecule has 0 saturated heterocycles. The van der Waals surface area contributed by atoms with Crippen LogP contribution in [0, 0.1) is 0 Å². The van der Waals surface area contributed by atoms with Crippen LogP contribution in [-0.4, -0.2) is 49.1 Å². The summed E-state index contributed by atoms with van der Waals surface area (Å²) in [7, 11) is 1.87. The maximum absolute atomic E-state index is 11.6. The molecule has 2 aromatic rings. The third-order valence-electron chi connectivity index (χ3n) is 5.69. The van der Waals surface area contributed by atoms with Gasteiger partial charge in [0, 0.05) is 35.7 Å². The van der Waals surface area contributed by atoms with Crippen molar-refractivity contribution in [2.45, 2.75) is 62.4 Å². The second kappa shape index (κ2) is 16.2. The standard InChI is InChI=1S/C27H36N2O3S/c1-29(25(22-32)15-11-18-30)20-26-23(21-31)12-10-16-27(26)33-19-9-4-2-3-8-17-28-24-13-6-5-7-14-24/h5-7,10,12-14,16,18,21-22,25,28H,2-4,8-9,11,15,17,19-20H2,1H3. The normalized spacial score (nSPS) is 11.8. The van der Waals surface area contributed by atoms with E-state index < -0.39 is 0 Å². The van der Waals surface area contributed by atoms with Crippen molar-refractivity contribution in [3.8, 4) is 0 Å². The van der Waals surface area contributed by atoms with Gasteiger partial charge in [-0.15, -0.1) is 11.8 Å². The first-order valence-corrected chi connectivity index (χ1v) is 12.8. The minimum Gasteiger partial charge on any atom is -0.385 e. The fraction of sp³-hybridized carbons (Fsp3) is 0.444. The highest BCUT2D eigenvalue weighted by Gasteiger charge is 2.17. The van der Waals surface area contributed by atoms with Crippen LogP contribution in [0.5, 0.6) is 0 Å². The molecule has 0 spiro atoms. The summed E-state index contributed by atoms with van der Waals surface area (Å²) in [6.45, 7) is 1.51. The van der Waals surface area contributed by atoms with Crippen LogP contribution in [0.1, 0.15) is 60.9 Å². The average Bonchev–Trinajstić information content (AvgIpc) is 2.84. The Bertz CT molecular complexity index is 845. The Morgan fingerprint density at radius 2 is 1.70 bits per heavy atom. The van der Waals surface area contributed by atoms with Crippen LogP contribution in [0.2, 0.25) is 0 Å². The summed E-state index contributed by atoms with van der Waals surface area (Å²) in [6.07, 6.45) is 9.39. The van der Waals surface area contributed by atoms with Gasteiger partial charge in [0.1, 0.15) is 18.9 Å². The van der Waals surface area contributed by atoms with Crippen molar-refractivity contribution in [1.29, 1.82) is 0 Å². The van der Waals surface area contributed by atoms with Crippen LogP contribution < -0.4 is 5.32 Å². The maximum Gasteiger partial charge on any atom is 0.150 e. The van der Waals surface area contributed by atoms with E-state index in [1.807, 2.05) is 42.3 Å². The lowest BCUT2D eigenvalue weighted by molar-refractivity contribution is -0.113. The molecule has 178 valence electrons. The van der Waals surface area contributed by atoms with Crippen LogP contribution in [0.4, 0.5) is 5.69 Å². The van der Waals surface area contributed by atoms with Crippen LogP contribution in [0.15, 0.2) is 53.4 Å². The number of nitrogens with one attached hydrogen (secondary N) is 1. The van der Waals surface area contributed by atoms with E-state index in [0.717, 1.165) is 48.0 Å². The molecule has 0 bridgehead atoms. The molecule has 0 aliphatic heterocycles. The van der Waals surface area contributed by atoms with Crippen molar-refractivity contribution in [1.82, 2.24) is 4.90 Å². The number of nitrogens with zero attached hydrogens (tertiary/aromatic N) is 1. The zero-order valence-electron chi connectivity index (χ0n) is 19.6. The Hall–Kier alpha value is -2.44. The lowest BCUT2D eigenvalue weighted by Crippen LogP contribution is -2.33. The third-order valence-corrected chi connectivity index (χ3v) is 6.88. The highest BCUT2D eigenvalue weighted by atomic mass is 32.2. The van der Waals surface area contributed by atoms with Gasteiger partial charge in [-0.05, 0) is 55.8 Å². The summed E-state index contributed by atoms with van der Waals surface area (Å²) in [5.74, 6) is 1.00. The number of rotatable bonds is 18. The summed E-state index contributed by atoms with van der Waals surface area (Å²) in [5.41, 5.74) is 2.80. The van der Waals surface area contributed by atoms with Crippen molar-refractivity contribution in [2.75, 3.05) is 24.7 Å². The molecule has 0 amide bonds. The molecule has 0 aliphatic rings. The van der Waals surface area contributed by atoms with Gasteiger partial charge in [-0.1, -0.05) is 49.6 Å². The number of benzene rings is 2. The highest BCUT2D eigenvalue weighted by molar-refractivity contribution is 7.99. The van der Waals surface area contributed by atoms with Gasteiger partial charge < -0.3 is 14.9 Å². The number of thioether (sulfide) groups is 1. The predicted molar refractivity (Wildman–Crippen MR) is 137 cm³/mol. The van der Waals surface area contributed by atoms with Crippen molar-refractivity contribution in [2.24, 2.45) is 0 Å². The first-order chi connectivity index (χ1) is 16.2. The van der Waals surface area contributed by atoms with E-state index in [-0.39, 0.29) is 6.04 Å². The molecule has 1 N–H and O–H groups in total. The zero-order valence-corrected chi connectivity index (χ0v) is 20.4. The number of carbonyl (C=O) groups excluding carboxylic acids is 3. The van der Waals surface area contributed by atoms with Gasteiger partial charge in [0.25, 0.3) is 0 Å². The van der Waals surface area contributed by atoms with Gasteiger partial charge in [0.2, 0.25) is 0 Å². The van der Waals surface area contributed by atoms with E-state index in [4.69, 9.17) is 0 Å². The monoisotopic (exact) mass is 468 g/mol. The Kier molecular flexibility index (Phi) is 13.2. The van der Waals surface area contributed by atoms with E-state index in [1.165, 1.54) is 31.4 Å². The molecule has 2 aromatic carbocycles. The Morgan fingerprint density at radius 1 is 0.939 bits per heavy atom. The minimum atomic E-state index is -0.330. The van der Waals surface area contributed by atoms with Crippen LogP contribution >= 0.6 is 11.8 Å². The topological polar surface area (TPSA) is 66.5 Å². The van der Waals surface area contributed by atoms with E-state index in [2.05, 4.69) is 23.5 Å². The number of anilines is 1.